The summed E-state index contributed by atoms with van der Waals surface area (Å²) in [6.45, 7) is 7.85. The molecule has 0 bridgehead atoms. The molecule has 1 aliphatic rings. The Morgan fingerprint density at radius 2 is 1.49 bits per heavy atom. The highest BCUT2D eigenvalue weighted by molar-refractivity contribution is 6.12. The van der Waals surface area contributed by atoms with Gasteiger partial charge in [0.1, 0.15) is 6.04 Å². The molecule has 51 heavy (non-hydrogen) atoms. The van der Waals surface area contributed by atoms with E-state index in [1.165, 1.54) is 19.3 Å². The number of carbonyl (C=O) groups is 3. The Kier molecular flexibility index (Phi) is 13.4. The first-order valence-corrected chi connectivity index (χ1v) is 18.3. The Bertz CT molecular complexity index is 1730. The van der Waals surface area contributed by atoms with Crippen molar-refractivity contribution in [1.82, 2.24) is 10.2 Å². The average Bonchev–Trinajstić information content (AvgIpc) is 3.15. The number of para-hydroxylation sites is 1. The van der Waals surface area contributed by atoms with Crippen molar-refractivity contribution < 1.29 is 19.1 Å². The zero-order valence-electron chi connectivity index (χ0n) is 30.4. The zero-order chi connectivity index (χ0) is 36.2. The van der Waals surface area contributed by atoms with Gasteiger partial charge < -0.3 is 20.3 Å². The second kappa shape index (κ2) is 18.3. The van der Waals surface area contributed by atoms with E-state index in [4.69, 9.17) is 4.74 Å². The van der Waals surface area contributed by atoms with Crippen LogP contribution >= 0.6 is 0 Å². The molecule has 1 heterocycles. The molecule has 4 aromatic rings. The third kappa shape index (κ3) is 10.3. The van der Waals surface area contributed by atoms with Crippen LogP contribution in [0.2, 0.25) is 0 Å². The number of nitrogens with zero attached hydrogens (tertiary/aromatic N) is 2. The van der Waals surface area contributed by atoms with Crippen molar-refractivity contribution in [2.45, 2.75) is 77.5 Å². The van der Waals surface area contributed by atoms with Gasteiger partial charge in [0.05, 0.1) is 12.2 Å². The van der Waals surface area contributed by atoms with Crippen molar-refractivity contribution in [3.63, 3.8) is 0 Å². The molecule has 1 aliphatic heterocycles. The molecule has 0 radical (unpaired) electrons. The molecule has 3 amide bonds. The molecular formula is C43H52N4O4. The van der Waals surface area contributed by atoms with E-state index in [1.54, 1.807) is 30.1 Å². The molecule has 5 rings (SSSR count). The Morgan fingerprint density at radius 1 is 0.804 bits per heavy atom. The maximum absolute atomic E-state index is 14.2. The summed E-state index contributed by atoms with van der Waals surface area (Å²) in [5.41, 5.74) is 5.53. The molecule has 0 aliphatic carbocycles. The molecule has 268 valence electrons. The quantitative estimate of drug-likeness (QED) is 0.0968. The van der Waals surface area contributed by atoms with Gasteiger partial charge in [0, 0.05) is 55.6 Å². The largest absolute Gasteiger partial charge is 0.373 e. The monoisotopic (exact) mass is 688 g/mol. The lowest BCUT2D eigenvalue weighted by Crippen LogP contribution is -2.53. The zero-order valence-corrected chi connectivity index (χ0v) is 30.4. The van der Waals surface area contributed by atoms with Crippen LogP contribution in [0.1, 0.15) is 74.4 Å². The lowest BCUT2D eigenvalue weighted by molar-refractivity contribution is -0.144. The lowest BCUT2D eigenvalue weighted by Gasteiger charge is -2.37. The van der Waals surface area contributed by atoms with E-state index in [0.29, 0.717) is 42.9 Å². The molecular weight excluding hydrogens is 636 g/mol. The number of amides is 3. The Morgan fingerprint density at radius 3 is 2.22 bits per heavy atom. The van der Waals surface area contributed by atoms with Crippen LogP contribution < -0.4 is 15.5 Å². The topological polar surface area (TPSA) is 91.0 Å². The van der Waals surface area contributed by atoms with Crippen LogP contribution in [0, 0.1) is 0 Å². The summed E-state index contributed by atoms with van der Waals surface area (Å²) >= 11 is 0. The summed E-state index contributed by atoms with van der Waals surface area (Å²) in [7, 11) is 1.79. The maximum Gasteiger partial charge on any atom is 0.321 e. The van der Waals surface area contributed by atoms with Crippen molar-refractivity contribution in [2.24, 2.45) is 0 Å². The van der Waals surface area contributed by atoms with Crippen molar-refractivity contribution in [3.05, 3.63) is 120 Å². The molecule has 0 aromatic heterocycles. The Labute approximate surface area is 303 Å². The number of nitrogens with one attached hydrogen (secondary N) is 2. The molecule has 8 nitrogen and oxygen atoms in total. The molecule has 2 unspecified atom stereocenters. The van der Waals surface area contributed by atoms with Gasteiger partial charge in [0.25, 0.3) is 0 Å². The summed E-state index contributed by atoms with van der Waals surface area (Å²) in [6, 6.07) is 32.0. The number of carbonyl (C=O) groups excluding carboxylic acids is 3. The minimum absolute atomic E-state index is 0.0296. The van der Waals surface area contributed by atoms with Gasteiger partial charge in [-0.15, -0.1) is 0 Å². The number of urea groups is 1. The van der Waals surface area contributed by atoms with Gasteiger partial charge in [-0.25, -0.2) is 4.79 Å². The normalized spacial score (nSPS) is 16.3. The lowest BCUT2D eigenvalue weighted by atomic mass is 9.98. The number of rotatable bonds is 15. The number of hydrogen-bond acceptors (Lipinski definition) is 5. The first kappa shape index (κ1) is 37.3. The van der Waals surface area contributed by atoms with Crippen LogP contribution in [-0.4, -0.2) is 67.6 Å². The standard InChI is InChI=1S/C43H52N4O4/c1-5-6-7-8-14-26-44-43(50)46(4)37-19-15-18-36(28-37)34-24-22-33(23-25-34)27-40(42(49)47-29-31(2)51-32(3)30-47)45-39-21-13-12-20-38(39)41(48)35-16-10-9-11-17-35/h9-13,15-25,28,31-32,40,45H,5-8,14,26-27,29-30H2,1-4H3,(H,44,50)/t31?,32?,40-/m0/s1. The Hall–Kier alpha value is -4.95. The van der Waals surface area contributed by atoms with E-state index in [1.807, 2.05) is 91.5 Å². The van der Waals surface area contributed by atoms with Crippen LogP contribution in [0.4, 0.5) is 16.2 Å². The average molecular weight is 689 g/mol. The van der Waals surface area contributed by atoms with Gasteiger partial charge in [0.2, 0.25) is 5.91 Å². The van der Waals surface area contributed by atoms with E-state index in [2.05, 4.69) is 29.7 Å². The number of ether oxygens (including phenoxy) is 1. The summed E-state index contributed by atoms with van der Waals surface area (Å²) in [4.78, 5) is 44.1. The number of ketones is 1. The van der Waals surface area contributed by atoms with Gasteiger partial charge in [-0.2, -0.15) is 0 Å². The number of benzene rings is 4. The third-order valence-electron chi connectivity index (χ3n) is 9.39. The Balaban J connectivity index is 1.32. The fourth-order valence-electron chi connectivity index (χ4n) is 6.64. The fourth-order valence-corrected chi connectivity index (χ4v) is 6.64. The van der Waals surface area contributed by atoms with Crippen LogP contribution in [-0.2, 0) is 16.0 Å². The maximum atomic E-state index is 14.2. The van der Waals surface area contributed by atoms with Crippen LogP contribution in [0.5, 0.6) is 0 Å². The second-order valence-corrected chi connectivity index (χ2v) is 13.6. The van der Waals surface area contributed by atoms with Gasteiger partial charge in [0.15, 0.2) is 5.78 Å². The molecule has 1 fully saturated rings. The van der Waals surface area contributed by atoms with E-state index in [0.717, 1.165) is 35.2 Å². The smallest absolute Gasteiger partial charge is 0.321 e. The number of morpholine rings is 1. The predicted octanol–water partition coefficient (Wildman–Crippen LogP) is 8.36. The summed E-state index contributed by atoms with van der Waals surface area (Å²) in [5.74, 6) is -0.131. The minimum atomic E-state index is -0.611. The molecule has 0 spiro atoms. The van der Waals surface area contributed by atoms with Crippen molar-refractivity contribution in [3.8, 4) is 11.1 Å². The SMILES string of the molecule is CCCCCCCNC(=O)N(C)c1cccc(-c2ccc(C[C@H](Nc3ccccc3C(=O)c3ccccc3)C(=O)N3CC(C)OC(C)C3)cc2)c1. The number of anilines is 2. The summed E-state index contributed by atoms with van der Waals surface area (Å²) in [6.07, 6.45) is 6.03. The van der Waals surface area contributed by atoms with Gasteiger partial charge >= 0.3 is 6.03 Å². The number of unbranched alkanes of at least 4 members (excludes halogenated alkanes) is 4. The van der Waals surface area contributed by atoms with Gasteiger partial charge in [-0.05, 0) is 61.2 Å². The highest BCUT2D eigenvalue weighted by atomic mass is 16.5. The predicted molar refractivity (Wildman–Crippen MR) is 206 cm³/mol. The van der Waals surface area contributed by atoms with E-state index in [9.17, 15) is 14.4 Å². The molecule has 8 heteroatoms. The molecule has 1 saturated heterocycles. The highest BCUT2D eigenvalue weighted by Gasteiger charge is 2.31. The molecule has 0 saturated carbocycles. The molecule has 4 aromatic carbocycles. The first-order valence-electron chi connectivity index (χ1n) is 18.3. The van der Waals surface area contributed by atoms with Crippen molar-refractivity contribution in [2.75, 3.05) is 36.9 Å². The van der Waals surface area contributed by atoms with Gasteiger partial charge in [-0.1, -0.05) is 111 Å². The summed E-state index contributed by atoms with van der Waals surface area (Å²) in [5, 5.41) is 6.52. The second-order valence-electron chi connectivity index (χ2n) is 13.6. The number of hydrogen-bond donors (Lipinski definition) is 2. The van der Waals surface area contributed by atoms with Crippen LogP contribution in [0.25, 0.3) is 11.1 Å². The van der Waals surface area contributed by atoms with Crippen LogP contribution in [0.3, 0.4) is 0 Å². The first-order chi connectivity index (χ1) is 24.7. The third-order valence-corrected chi connectivity index (χ3v) is 9.39. The van der Waals surface area contributed by atoms with E-state index in [-0.39, 0.29) is 29.9 Å². The van der Waals surface area contributed by atoms with Crippen LogP contribution in [0.15, 0.2) is 103 Å². The molecule has 2 N–H and O–H groups in total. The fraction of sp³-hybridized carbons (Fsp3) is 0.372. The summed E-state index contributed by atoms with van der Waals surface area (Å²) < 4.78 is 5.92. The van der Waals surface area contributed by atoms with E-state index < -0.39 is 6.04 Å². The highest BCUT2D eigenvalue weighted by Crippen LogP contribution is 2.27. The molecule has 3 atom stereocenters. The minimum Gasteiger partial charge on any atom is -0.373 e. The van der Waals surface area contributed by atoms with Crippen molar-refractivity contribution >= 4 is 29.1 Å². The van der Waals surface area contributed by atoms with E-state index >= 15 is 0 Å². The van der Waals surface area contributed by atoms with Gasteiger partial charge in [-0.3, -0.25) is 14.5 Å². The van der Waals surface area contributed by atoms with Crippen molar-refractivity contribution in [1.29, 1.82) is 0 Å².